The molecule has 6 bridgehead atoms. The summed E-state index contributed by atoms with van der Waals surface area (Å²) in [5.41, 5.74) is -1.51. The number of cyclic esters (lactones) is 1. The van der Waals surface area contributed by atoms with Gasteiger partial charge in [0, 0.05) is 12.3 Å². The number of fused-ring (bicyclic) bond motifs is 1. The highest BCUT2D eigenvalue weighted by Crippen LogP contribution is 2.60. The van der Waals surface area contributed by atoms with Gasteiger partial charge in [0.25, 0.3) is 0 Å². The second-order valence-corrected chi connectivity index (χ2v) is 19.0. The fourth-order valence-corrected chi connectivity index (χ4v) is 9.42. The summed E-state index contributed by atoms with van der Waals surface area (Å²) in [6.45, 7) is 19.8. The van der Waals surface area contributed by atoms with Crippen LogP contribution >= 0.6 is 0 Å². The molecule has 53 heavy (non-hydrogen) atoms. The maximum atomic E-state index is 12.5. The number of carbonyl (C=O) groups is 5. The van der Waals surface area contributed by atoms with Crippen molar-refractivity contribution in [3.05, 3.63) is 0 Å². The molecule has 2 aliphatic heterocycles. The van der Waals surface area contributed by atoms with Gasteiger partial charge in [-0.3, -0.25) is 19.2 Å². The van der Waals surface area contributed by atoms with Crippen molar-refractivity contribution in [2.75, 3.05) is 13.4 Å². The van der Waals surface area contributed by atoms with Gasteiger partial charge in [-0.25, -0.2) is 4.79 Å². The second-order valence-electron chi connectivity index (χ2n) is 19.0. The van der Waals surface area contributed by atoms with Gasteiger partial charge in [-0.15, -0.1) is 0 Å². The lowest BCUT2D eigenvalue weighted by Crippen LogP contribution is -2.58. The van der Waals surface area contributed by atoms with E-state index in [4.69, 9.17) is 28.4 Å². The maximum absolute atomic E-state index is 12.5. The first-order chi connectivity index (χ1) is 24.8. The summed E-state index contributed by atoms with van der Waals surface area (Å²) in [6, 6.07) is 0. The van der Waals surface area contributed by atoms with Crippen LogP contribution in [0.5, 0.6) is 0 Å². The third-order valence-electron chi connectivity index (χ3n) is 14.4. The first-order valence-corrected chi connectivity index (χ1v) is 20.4. The van der Waals surface area contributed by atoms with Crippen LogP contribution in [0.15, 0.2) is 0 Å². The Bertz CT molecular complexity index is 1350. The SMILES string of the molecule is CCC(C)(C)C(=O)OC1(C)C2CC3CC(C2)CC1C3.CCC(C)(C)C(=O)OC1CCOC1=O.CCC(C)(C)C(=O)OCOC1C2CC3C(=O)OC1C3C2. The van der Waals surface area contributed by atoms with Crippen molar-refractivity contribution in [1.82, 2.24) is 0 Å². The minimum Gasteiger partial charge on any atom is -0.463 e. The van der Waals surface area contributed by atoms with Crippen molar-refractivity contribution in [2.45, 2.75) is 164 Å². The topological polar surface area (TPSA) is 141 Å². The minimum absolute atomic E-state index is 0.0185. The highest BCUT2D eigenvalue weighted by Gasteiger charge is 2.62. The van der Waals surface area contributed by atoms with Gasteiger partial charge in [0.15, 0.2) is 6.79 Å². The summed E-state index contributed by atoms with van der Waals surface area (Å²) in [6.07, 6.45) is 10.3. The molecule has 300 valence electrons. The van der Waals surface area contributed by atoms with E-state index in [2.05, 4.69) is 13.8 Å². The standard InChI is InChI=1S/C17H28O2.C15H22O5.C10H16O4/c1-5-16(2,3)15(18)19-17(4)13-7-11-6-12(9-13)10-14(17)8-11;1-4-15(2,3)14(17)19-7-18-11-8-5-9-10(6-8)13(16)20-12(9)11;1-4-10(2,3)9(12)14-7-5-6-13-8(7)11/h11-14H,5-10H2,1-4H3;8-12H,4-7H2,1-3H3;7H,4-6H2,1-3H3. The van der Waals surface area contributed by atoms with Gasteiger partial charge in [0.05, 0.1) is 28.8 Å². The van der Waals surface area contributed by atoms with Crippen molar-refractivity contribution in [2.24, 2.45) is 57.7 Å². The number of carbonyl (C=O) groups excluding carboxylic acids is 5. The van der Waals surface area contributed by atoms with E-state index in [1.54, 1.807) is 13.8 Å². The Morgan fingerprint density at radius 1 is 0.736 bits per heavy atom. The molecule has 6 aliphatic carbocycles. The molecule has 0 aromatic rings. The molecule has 8 aliphatic rings. The van der Waals surface area contributed by atoms with E-state index in [-0.39, 0.29) is 59.8 Å². The fraction of sp³-hybridized carbons (Fsp3) is 0.881. The molecule has 0 spiro atoms. The van der Waals surface area contributed by atoms with E-state index in [1.807, 2.05) is 41.5 Å². The number of ether oxygens (including phenoxy) is 6. The molecule has 2 saturated heterocycles. The zero-order chi connectivity index (χ0) is 39.1. The van der Waals surface area contributed by atoms with E-state index in [9.17, 15) is 24.0 Å². The van der Waals surface area contributed by atoms with Crippen molar-refractivity contribution >= 4 is 29.8 Å². The first-order valence-electron chi connectivity index (χ1n) is 20.4. The summed E-state index contributed by atoms with van der Waals surface area (Å²) >= 11 is 0. The second kappa shape index (κ2) is 15.8. The minimum atomic E-state index is -0.687. The first kappa shape index (κ1) is 41.5. The average molecular weight is 747 g/mol. The highest BCUT2D eigenvalue weighted by molar-refractivity contribution is 5.82. The van der Waals surface area contributed by atoms with Crippen LogP contribution in [0.4, 0.5) is 0 Å². The Morgan fingerprint density at radius 2 is 1.28 bits per heavy atom. The van der Waals surface area contributed by atoms with Gasteiger partial charge in [0.1, 0.15) is 17.8 Å². The number of esters is 5. The summed E-state index contributed by atoms with van der Waals surface area (Å²) in [5, 5.41) is 0. The average Bonchev–Trinajstić information content (AvgIpc) is 3.86. The summed E-state index contributed by atoms with van der Waals surface area (Å²) in [4.78, 5) is 58.5. The van der Waals surface area contributed by atoms with Gasteiger partial charge in [0.2, 0.25) is 6.10 Å². The van der Waals surface area contributed by atoms with Crippen LogP contribution in [0.2, 0.25) is 0 Å². The van der Waals surface area contributed by atoms with Crippen LogP contribution in [0.3, 0.4) is 0 Å². The zero-order valence-electron chi connectivity index (χ0n) is 34.0. The molecular formula is C42H66O11. The maximum Gasteiger partial charge on any atom is 0.347 e. The zero-order valence-corrected chi connectivity index (χ0v) is 34.0. The van der Waals surface area contributed by atoms with E-state index < -0.39 is 22.9 Å². The number of rotatable bonds is 11. The quantitative estimate of drug-likeness (QED) is 0.119. The number of hydrogen-bond acceptors (Lipinski definition) is 11. The normalized spacial score (nSPS) is 36.1. The summed E-state index contributed by atoms with van der Waals surface area (Å²) in [5.74, 6) is 2.83. The van der Waals surface area contributed by atoms with Crippen LogP contribution in [-0.4, -0.2) is 67.2 Å². The Labute approximate surface area is 316 Å². The van der Waals surface area contributed by atoms with Gasteiger partial charge in [-0.2, -0.15) is 0 Å². The molecule has 2 heterocycles. The predicted octanol–water partition coefficient (Wildman–Crippen LogP) is 7.35. The Morgan fingerprint density at radius 3 is 1.81 bits per heavy atom. The van der Waals surface area contributed by atoms with Gasteiger partial charge in [-0.1, -0.05) is 20.8 Å². The smallest absolute Gasteiger partial charge is 0.347 e. The fourth-order valence-electron chi connectivity index (χ4n) is 9.42. The molecule has 0 aromatic heterocycles. The van der Waals surface area contributed by atoms with Gasteiger partial charge < -0.3 is 28.4 Å². The van der Waals surface area contributed by atoms with E-state index in [1.165, 1.54) is 32.1 Å². The molecule has 6 atom stereocenters. The molecule has 8 fully saturated rings. The third-order valence-corrected chi connectivity index (χ3v) is 14.4. The monoisotopic (exact) mass is 746 g/mol. The molecule has 6 unspecified atom stereocenters. The van der Waals surface area contributed by atoms with Crippen LogP contribution in [0.25, 0.3) is 0 Å². The molecule has 0 radical (unpaired) electrons. The molecule has 6 saturated carbocycles. The molecule has 11 heteroatoms. The van der Waals surface area contributed by atoms with Crippen molar-refractivity contribution < 1.29 is 52.4 Å². The molecular weight excluding hydrogens is 680 g/mol. The van der Waals surface area contributed by atoms with Crippen LogP contribution < -0.4 is 0 Å². The van der Waals surface area contributed by atoms with E-state index in [0.29, 0.717) is 43.1 Å². The van der Waals surface area contributed by atoms with Gasteiger partial charge >= 0.3 is 29.8 Å². The molecule has 8 rings (SSSR count). The van der Waals surface area contributed by atoms with E-state index >= 15 is 0 Å². The molecule has 0 N–H and O–H groups in total. The Balaban J connectivity index is 0.000000156. The Kier molecular flexibility index (Phi) is 12.4. The highest BCUT2D eigenvalue weighted by atomic mass is 16.7. The van der Waals surface area contributed by atoms with Crippen molar-refractivity contribution in [3.8, 4) is 0 Å². The summed E-state index contributed by atoms with van der Waals surface area (Å²) < 4.78 is 32.2. The molecule has 0 amide bonds. The lowest BCUT2D eigenvalue weighted by molar-refractivity contribution is -0.211. The largest absolute Gasteiger partial charge is 0.463 e. The molecule has 11 nitrogen and oxygen atoms in total. The third kappa shape index (κ3) is 8.60. The van der Waals surface area contributed by atoms with E-state index in [0.717, 1.165) is 37.5 Å². The number of hydrogen-bond donors (Lipinski definition) is 0. The van der Waals surface area contributed by atoms with Crippen LogP contribution in [-0.2, 0) is 52.4 Å². The van der Waals surface area contributed by atoms with Crippen LogP contribution in [0.1, 0.15) is 140 Å². The molecule has 0 aromatic carbocycles. The van der Waals surface area contributed by atoms with Crippen molar-refractivity contribution in [1.29, 1.82) is 0 Å². The van der Waals surface area contributed by atoms with Crippen LogP contribution in [0, 0.1) is 57.7 Å². The lowest BCUT2D eigenvalue weighted by atomic mass is 9.50. The lowest BCUT2D eigenvalue weighted by Gasteiger charge is -2.59. The predicted molar refractivity (Wildman–Crippen MR) is 195 cm³/mol. The Hall–Kier alpha value is -2.69. The van der Waals surface area contributed by atoms with Crippen molar-refractivity contribution in [3.63, 3.8) is 0 Å². The van der Waals surface area contributed by atoms with Gasteiger partial charge in [-0.05, 0) is 142 Å². The summed E-state index contributed by atoms with van der Waals surface area (Å²) in [7, 11) is 0.